The topological polar surface area (TPSA) is 80.3 Å². The molecule has 6 fully saturated rings. The van der Waals surface area contributed by atoms with E-state index in [1.807, 2.05) is 0 Å². The lowest BCUT2D eigenvalue weighted by molar-refractivity contribution is -0.472. The van der Waals surface area contributed by atoms with Gasteiger partial charge in [-0.1, -0.05) is 42.5 Å². The van der Waals surface area contributed by atoms with Gasteiger partial charge in [0.05, 0.1) is 36.2 Å². The van der Waals surface area contributed by atoms with Crippen molar-refractivity contribution in [1.82, 2.24) is 0 Å². The summed E-state index contributed by atoms with van der Waals surface area (Å²) in [6.45, 7) is 0. The van der Waals surface area contributed by atoms with E-state index >= 15 is 17.6 Å². The number of benzene rings is 3. The van der Waals surface area contributed by atoms with Crippen molar-refractivity contribution in [3.63, 3.8) is 0 Å². The van der Waals surface area contributed by atoms with Gasteiger partial charge >= 0.3 is 58.1 Å². The second-order valence-electron chi connectivity index (χ2n) is 19.1. The highest BCUT2D eigenvalue weighted by Gasteiger charge is 2.91. The summed E-state index contributed by atoms with van der Waals surface area (Å²) in [5.41, 5.74) is -14.4. The average molecular weight is 1140 g/mol. The lowest BCUT2D eigenvalue weighted by Gasteiger charge is -2.59. The first kappa shape index (κ1) is 54.7. The molecule has 0 radical (unpaired) electrons. The van der Waals surface area contributed by atoms with Gasteiger partial charge in [0.2, 0.25) is 0 Å². The summed E-state index contributed by atoms with van der Waals surface area (Å²) in [6.07, 6.45) is -38.6. The zero-order valence-electron chi connectivity index (χ0n) is 37.2. The van der Waals surface area contributed by atoms with Crippen LogP contribution in [0.1, 0.15) is 49.7 Å². The molecule has 3 aromatic carbocycles. The zero-order chi connectivity index (χ0) is 55.1. The van der Waals surface area contributed by atoms with E-state index in [-0.39, 0.29) is 25.7 Å². The van der Waals surface area contributed by atoms with Crippen LogP contribution in [0.5, 0.6) is 11.5 Å². The smallest absolute Gasteiger partial charge is 0.460 e. The van der Waals surface area contributed by atoms with Crippen LogP contribution in [-0.4, -0.2) is 94.0 Å². The van der Waals surface area contributed by atoms with Gasteiger partial charge in [-0.3, -0.25) is 0 Å². The maximum atomic E-state index is 16.2. The molecule has 3 aromatic rings. The number of hydrogen-bond donors (Lipinski definition) is 0. The molecule has 4 saturated carbocycles. The molecular formula is C44H35F21O7S2. The van der Waals surface area contributed by atoms with Gasteiger partial charge < -0.3 is 18.9 Å². The molecule has 0 amide bonds. The maximum Gasteiger partial charge on any atom is 0.460 e. The summed E-state index contributed by atoms with van der Waals surface area (Å²) < 4.78 is 362. The first-order valence-electron chi connectivity index (χ1n) is 21.7. The Morgan fingerprint density at radius 1 is 0.514 bits per heavy atom. The fraction of sp³-hybridized carbons (Fsp3) is 0.591. The van der Waals surface area contributed by atoms with E-state index < -0.39 is 176 Å². The molecule has 2 aliphatic heterocycles. The van der Waals surface area contributed by atoms with Gasteiger partial charge in [-0.2, -0.15) is 101 Å². The van der Waals surface area contributed by atoms with Crippen molar-refractivity contribution in [3.8, 4) is 11.5 Å². The minimum atomic E-state index is -8.10. The number of halogens is 21. The maximum absolute atomic E-state index is 16.2. The van der Waals surface area contributed by atoms with Gasteiger partial charge in [0.15, 0.2) is 0 Å². The van der Waals surface area contributed by atoms with Gasteiger partial charge in [-0.15, -0.1) is 0 Å². The highest BCUT2D eigenvalue weighted by molar-refractivity contribution is 8.33. The van der Waals surface area contributed by atoms with Crippen LogP contribution >= 0.6 is 10.3 Å². The third-order valence-corrected chi connectivity index (χ3v) is 21.2. The normalized spacial score (nSPS) is 31.0. The van der Waals surface area contributed by atoms with Gasteiger partial charge in [0.1, 0.15) is 11.5 Å². The van der Waals surface area contributed by atoms with Gasteiger partial charge in [0, 0.05) is 38.7 Å². The molecule has 8 atom stereocenters. The standard InChI is InChI=1S/C44H35F21O7S2/c1-68-29-23(33-16-14-20(18-33)27-31(33)70-35(27,39(49,50)51)40(52,53)54)10-6-12-25(29)73(22-8-4-3-5-9-22,72-74(66,67)44(64,65)38(47,48)37(45,46)43(61,62)63)26-13-7-11-24(30(26)69-2)34-17-15-21(19-34)28-32(34)71-36(28,41(55,56)57)42(58,59)60/h3-13,20-21,27-28,31-32H,14-19H2,1-2H3. The Morgan fingerprint density at radius 2 is 0.892 bits per heavy atom. The number of alkyl halides is 21. The molecular weight excluding hydrogens is 1100 g/mol. The Balaban J connectivity index is 1.32. The van der Waals surface area contributed by atoms with Crippen molar-refractivity contribution in [2.45, 2.75) is 135 Å². The Labute approximate surface area is 405 Å². The van der Waals surface area contributed by atoms with Crippen molar-refractivity contribution in [2.75, 3.05) is 14.2 Å². The summed E-state index contributed by atoms with van der Waals surface area (Å²) in [5.74, 6) is -25.2. The molecule has 6 aliphatic rings. The zero-order valence-corrected chi connectivity index (χ0v) is 38.8. The van der Waals surface area contributed by atoms with Gasteiger partial charge in [-0.05, 0) is 84.9 Å². The molecule has 0 aromatic heterocycles. The first-order valence-corrected chi connectivity index (χ1v) is 24.7. The van der Waals surface area contributed by atoms with E-state index in [1.165, 1.54) is 0 Å². The van der Waals surface area contributed by atoms with Crippen LogP contribution in [0, 0.1) is 23.7 Å². The summed E-state index contributed by atoms with van der Waals surface area (Å²) in [6, 6.07) is 9.96. The first-order chi connectivity index (χ1) is 33.7. The van der Waals surface area contributed by atoms with Crippen LogP contribution in [0.4, 0.5) is 92.2 Å². The molecule has 412 valence electrons. The molecule has 4 bridgehead atoms. The van der Waals surface area contributed by atoms with Crippen LogP contribution in [0.25, 0.3) is 0 Å². The number of methoxy groups -OCH3 is 2. The summed E-state index contributed by atoms with van der Waals surface area (Å²) in [4.78, 5) is -2.85. The van der Waals surface area contributed by atoms with E-state index in [0.717, 1.165) is 80.9 Å². The van der Waals surface area contributed by atoms with E-state index in [0.29, 0.717) is 0 Å². The number of hydrogen-bond acceptors (Lipinski definition) is 7. The number of para-hydroxylation sites is 2. The molecule has 9 rings (SSSR count). The Hall–Kier alpha value is -4.03. The fourth-order valence-electron chi connectivity index (χ4n) is 13.0. The molecule has 4 aliphatic carbocycles. The van der Waals surface area contributed by atoms with Crippen LogP contribution in [0.15, 0.2) is 81.4 Å². The Morgan fingerprint density at radius 3 is 1.23 bits per heavy atom. The van der Waals surface area contributed by atoms with Crippen LogP contribution in [0.3, 0.4) is 0 Å². The van der Waals surface area contributed by atoms with Crippen molar-refractivity contribution < 1.29 is 123 Å². The number of rotatable bonds is 12. The van der Waals surface area contributed by atoms with Crippen molar-refractivity contribution in [1.29, 1.82) is 0 Å². The van der Waals surface area contributed by atoms with Crippen molar-refractivity contribution in [2.24, 2.45) is 23.7 Å². The lowest BCUT2D eigenvalue weighted by Crippen LogP contribution is -2.77. The fourth-order valence-corrected chi connectivity index (χ4v) is 18.5. The van der Waals surface area contributed by atoms with E-state index in [2.05, 4.69) is 0 Å². The number of ether oxygens (including phenoxy) is 4. The number of fused-ring (bicyclic) bond motifs is 10. The van der Waals surface area contributed by atoms with Crippen LogP contribution < -0.4 is 9.47 Å². The Bertz CT molecular complexity index is 2680. The lowest BCUT2D eigenvalue weighted by atomic mass is 9.62. The van der Waals surface area contributed by atoms with E-state index in [9.17, 15) is 83.1 Å². The molecule has 74 heavy (non-hydrogen) atoms. The second-order valence-corrected chi connectivity index (χ2v) is 23.6. The van der Waals surface area contributed by atoms with Gasteiger partial charge in [0.25, 0.3) is 11.2 Å². The average Bonchev–Trinajstić information content (AvgIpc) is 3.98. The van der Waals surface area contributed by atoms with Crippen molar-refractivity contribution in [3.05, 3.63) is 77.9 Å². The molecule has 30 heteroatoms. The molecule has 7 nitrogen and oxygen atoms in total. The molecule has 2 saturated heterocycles. The minimum absolute atomic E-state index is 0.337. The third kappa shape index (κ3) is 6.54. The highest BCUT2D eigenvalue weighted by Crippen LogP contribution is 2.80. The SMILES string of the molecule is COc1c(C23CCC(C2)C2C3OC2(C(F)(F)F)C(F)(F)F)cccc1S(OS(=O)(=O)C(F)(F)C(F)(F)C(F)(F)C(F)(F)F)(c1ccccc1)c1cccc(C23CCC(C2)C2C3OC2(C(F)(F)F)C(F)(F)F)c1OC. The summed E-state index contributed by atoms with van der Waals surface area (Å²) in [5, 5.41) is -7.63. The third-order valence-electron chi connectivity index (χ3n) is 15.9. The highest BCUT2D eigenvalue weighted by atomic mass is 32.3. The van der Waals surface area contributed by atoms with Crippen LogP contribution in [-0.2, 0) is 34.1 Å². The monoisotopic (exact) mass is 1140 g/mol. The predicted molar refractivity (Wildman–Crippen MR) is 210 cm³/mol. The van der Waals surface area contributed by atoms with E-state index in [1.54, 1.807) is 0 Å². The van der Waals surface area contributed by atoms with Gasteiger partial charge in [-0.25, -0.2) is 3.63 Å². The second kappa shape index (κ2) is 16.0. The molecule has 0 N–H and O–H groups in total. The minimum Gasteiger partial charge on any atom is -0.495 e. The van der Waals surface area contributed by atoms with Crippen molar-refractivity contribution >= 4 is 20.4 Å². The molecule has 2 heterocycles. The molecule has 0 spiro atoms. The predicted octanol–water partition coefficient (Wildman–Crippen LogP) is 13.5. The summed E-state index contributed by atoms with van der Waals surface area (Å²) >= 11 is 0. The quantitative estimate of drug-likeness (QED) is 0.167. The van der Waals surface area contributed by atoms with Crippen LogP contribution in [0.2, 0.25) is 0 Å². The Kier molecular flexibility index (Phi) is 11.9. The van der Waals surface area contributed by atoms with E-state index in [4.69, 9.17) is 22.6 Å². The largest absolute Gasteiger partial charge is 0.495 e. The molecule has 8 unspecified atom stereocenters. The summed E-state index contributed by atoms with van der Waals surface area (Å²) in [7, 11) is -12.0.